The van der Waals surface area contributed by atoms with Crippen LogP contribution in [-0.2, 0) is 0 Å². The van der Waals surface area contributed by atoms with Crippen molar-refractivity contribution in [2.24, 2.45) is 28.5 Å². The molecule has 2 fully saturated rings. The Balaban J connectivity index is 2.04. The molecule has 2 atom stereocenters. The van der Waals surface area contributed by atoms with Crippen molar-refractivity contribution < 1.29 is 0 Å². The number of hydrogen-bond donors (Lipinski definition) is 1. The molecule has 2 aliphatic carbocycles. The van der Waals surface area contributed by atoms with Crippen LogP contribution in [0.25, 0.3) is 0 Å². The molecule has 0 saturated heterocycles. The minimum Gasteiger partial charge on any atom is -0.404 e. The minimum atomic E-state index is 0.795. The van der Waals surface area contributed by atoms with Gasteiger partial charge in [-0.05, 0) is 50.0 Å². The van der Waals surface area contributed by atoms with Gasteiger partial charge in [-0.1, -0.05) is 18.2 Å². The molecule has 0 aliphatic heterocycles. The van der Waals surface area contributed by atoms with Crippen LogP contribution in [0.5, 0.6) is 0 Å². The van der Waals surface area contributed by atoms with E-state index in [2.05, 4.69) is 24.6 Å². The normalized spacial score (nSPS) is 30.4. The predicted octanol–water partition coefficient (Wildman–Crippen LogP) is 3.08. The number of nitrogens with two attached hydrogens (primary N) is 1. The van der Waals surface area contributed by atoms with Crippen LogP contribution in [0.3, 0.4) is 0 Å². The third kappa shape index (κ3) is 2.68. The van der Waals surface area contributed by atoms with Gasteiger partial charge in [0.2, 0.25) is 0 Å². The molecular weight excluding hydrogens is 208 g/mol. The number of rotatable bonds is 5. The third-order valence-corrected chi connectivity index (χ3v) is 3.95. The summed E-state index contributed by atoms with van der Waals surface area (Å²) in [5, 5.41) is 0. The Morgan fingerprint density at radius 3 is 2.59 bits per heavy atom. The molecule has 0 bridgehead atoms. The van der Waals surface area contributed by atoms with E-state index in [9.17, 15) is 0 Å². The van der Waals surface area contributed by atoms with Gasteiger partial charge in [0.15, 0.2) is 0 Å². The summed E-state index contributed by atoms with van der Waals surface area (Å²) < 4.78 is 0. The van der Waals surface area contributed by atoms with E-state index in [1.807, 2.05) is 0 Å². The zero-order chi connectivity index (χ0) is 12.4. The molecule has 2 N–H and O–H groups in total. The van der Waals surface area contributed by atoms with Crippen LogP contribution in [0.2, 0.25) is 0 Å². The van der Waals surface area contributed by atoms with Gasteiger partial charge in [-0.2, -0.15) is 0 Å². The molecule has 2 heteroatoms. The molecule has 0 radical (unpaired) electrons. The van der Waals surface area contributed by atoms with E-state index in [-0.39, 0.29) is 0 Å². The van der Waals surface area contributed by atoms with Gasteiger partial charge in [-0.15, -0.1) is 0 Å². The first-order valence-corrected chi connectivity index (χ1v) is 6.41. The van der Waals surface area contributed by atoms with Crippen LogP contribution in [0, 0.1) is 17.8 Å². The zero-order valence-corrected chi connectivity index (χ0v) is 10.8. The number of nitrogens with zero attached hydrogens (tertiary/aromatic N) is 1. The van der Waals surface area contributed by atoms with Gasteiger partial charge >= 0.3 is 0 Å². The summed E-state index contributed by atoms with van der Waals surface area (Å²) >= 11 is 0. The summed E-state index contributed by atoms with van der Waals surface area (Å²) in [6, 6.07) is 0. The van der Waals surface area contributed by atoms with Gasteiger partial charge in [0.05, 0.1) is 5.71 Å². The molecule has 2 rings (SSSR count). The Hall–Kier alpha value is -1.31. The van der Waals surface area contributed by atoms with Crippen LogP contribution < -0.4 is 5.73 Å². The Morgan fingerprint density at radius 1 is 1.41 bits per heavy atom. The highest BCUT2D eigenvalue weighted by Crippen LogP contribution is 2.57. The van der Waals surface area contributed by atoms with Crippen molar-refractivity contribution in [1.29, 1.82) is 0 Å². The lowest BCUT2D eigenvalue weighted by Gasteiger charge is -2.04. The van der Waals surface area contributed by atoms with Crippen molar-refractivity contribution in [1.82, 2.24) is 0 Å². The molecule has 17 heavy (non-hydrogen) atoms. The van der Waals surface area contributed by atoms with Gasteiger partial charge < -0.3 is 5.73 Å². The van der Waals surface area contributed by atoms with Crippen molar-refractivity contribution in [2.45, 2.75) is 26.2 Å². The summed E-state index contributed by atoms with van der Waals surface area (Å²) in [5.41, 5.74) is 8.88. The van der Waals surface area contributed by atoms with Crippen molar-refractivity contribution in [3.63, 3.8) is 0 Å². The van der Waals surface area contributed by atoms with Crippen LogP contribution in [0.1, 0.15) is 26.2 Å². The molecule has 0 aromatic rings. The first-order valence-electron chi connectivity index (χ1n) is 6.41. The summed E-state index contributed by atoms with van der Waals surface area (Å²) in [7, 11) is 1.80. The van der Waals surface area contributed by atoms with Gasteiger partial charge in [-0.25, -0.2) is 0 Å². The maximum absolute atomic E-state index is 5.57. The van der Waals surface area contributed by atoms with Crippen LogP contribution in [0.15, 0.2) is 41.1 Å². The first kappa shape index (κ1) is 12.2. The van der Waals surface area contributed by atoms with Gasteiger partial charge in [0.25, 0.3) is 0 Å². The van der Waals surface area contributed by atoms with Gasteiger partial charge in [0.1, 0.15) is 0 Å². The fraction of sp³-hybridized carbons (Fsp3) is 0.533. The van der Waals surface area contributed by atoms with E-state index in [0.717, 1.165) is 29.0 Å². The van der Waals surface area contributed by atoms with Crippen molar-refractivity contribution in [3.05, 3.63) is 36.1 Å². The predicted molar refractivity (Wildman–Crippen MR) is 73.9 cm³/mol. The largest absolute Gasteiger partial charge is 0.404 e. The molecule has 92 valence electrons. The molecule has 0 aromatic carbocycles. The quantitative estimate of drug-likeness (QED) is 0.572. The summed E-state index contributed by atoms with van der Waals surface area (Å²) in [5.74, 6) is 2.77. The van der Waals surface area contributed by atoms with Crippen molar-refractivity contribution >= 4 is 5.71 Å². The zero-order valence-electron chi connectivity index (χ0n) is 10.8. The number of allylic oxidation sites excluding steroid dienone is 4. The van der Waals surface area contributed by atoms with Crippen molar-refractivity contribution in [3.8, 4) is 0 Å². The minimum absolute atomic E-state index is 0.795. The topological polar surface area (TPSA) is 38.4 Å². The fourth-order valence-corrected chi connectivity index (χ4v) is 2.64. The monoisotopic (exact) mass is 230 g/mol. The number of aliphatic imine (C=N–C) groups is 1. The standard InChI is InChI=1S/C15H22N2/c1-4-11(9-16)15(17-3)7-10(2)13-8-14(13)12-5-6-12/h4,7,9,12-14H,1,5-6,8,16H2,2-3H3/b10-7+,11-9+,17-15?. The van der Waals surface area contributed by atoms with E-state index < -0.39 is 0 Å². The lowest BCUT2D eigenvalue weighted by molar-refractivity contribution is 0.668. The Morgan fingerprint density at radius 2 is 2.12 bits per heavy atom. The van der Waals surface area contributed by atoms with Crippen LogP contribution in [-0.4, -0.2) is 12.8 Å². The summed E-state index contributed by atoms with van der Waals surface area (Å²) in [6.07, 6.45) is 9.78. The average Bonchev–Trinajstić information content (AvgIpc) is 3.18. The van der Waals surface area contributed by atoms with E-state index in [4.69, 9.17) is 5.73 Å². The van der Waals surface area contributed by atoms with Crippen LogP contribution >= 0.6 is 0 Å². The molecule has 0 heterocycles. The second-order valence-electron chi connectivity index (χ2n) is 5.17. The van der Waals surface area contributed by atoms with E-state index in [0.29, 0.717) is 0 Å². The smallest absolute Gasteiger partial charge is 0.0656 e. The fourth-order valence-electron chi connectivity index (χ4n) is 2.64. The lowest BCUT2D eigenvalue weighted by atomic mass is 10.0. The summed E-state index contributed by atoms with van der Waals surface area (Å²) in [4.78, 5) is 4.29. The summed E-state index contributed by atoms with van der Waals surface area (Å²) in [6.45, 7) is 5.98. The SMILES string of the molecule is C=C/C(=C\N)C(/C=C(\C)C1CC1C1CC1)=NC. The Kier molecular flexibility index (Phi) is 3.51. The van der Waals surface area contributed by atoms with E-state index in [1.54, 1.807) is 19.3 Å². The molecule has 2 nitrogen and oxygen atoms in total. The lowest BCUT2D eigenvalue weighted by Crippen LogP contribution is -2.02. The second kappa shape index (κ2) is 4.91. The molecule has 2 aliphatic rings. The van der Waals surface area contributed by atoms with Crippen LogP contribution in [0.4, 0.5) is 0 Å². The second-order valence-corrected chi connectivity index (χ2v) is 5.17. The maximum Gasteiger partial charge on any atom is 0.0656 e. The molecule has 2 unspecified atom stereocenters. The van der Waals surface area contributed by atoms with E-state index in [1.165, 1.54) is 24.8 Å². The van der Waals surface area contributed by atoms with E-state index >= 15 is 0 Å². The van der Waals surface area contributed by atoms with Gasteiger partial charge in [0, 0.05) is 18.8 Å². The maximum atomic E-state index is 5.57. The molecule has 2 saturated carbocycles. The number of hydrogen-bond acceptors (Lipinski definition) is 2. The Bertz CT molecular complexity index is 397. The Labute approximate surface area is 104 Å². The molecule has 0 spiro atoms. The van der Waals surface area contributed by atoms with Gasteiger partial charge in [-0.3, -0.25) is 4.99 Å². The molecule has 0 aromatic heterocycles. The highest BCUT2D eigenvalue weighted by atomic mass is 14.7. The van der Waals surface area contributed by atoms with Crippen molar-refractivity contribution in [2.75, 3.05) is 7.05 Å². The molecular formula is C15H22N2. The highest BCUT2D eigenvalue weighted by molar-refractivity contribution is 6.10. The highest BCUT2D eigenvalue weighted by Gasteiger charge is 2.47. The average molecular weight is 230 g/mol. The first-order chi connectivity index (χ1) is 8.21. The molecule has 0 amide bonds. The third-order valence-electron chi connectivity index (χ3n) is 3.95.